The Balaban J connectivity index is 2.50. The summed E-state index contributed by atoms with van der Waals surface area (Å²) >= 11 is 0. The van der Waals surface area contributed by atoms with Gasteiger partial charge in [-0.1, -0.05) is 0 Å². The van der Waals surface area contributed by atoms with Crippen molar-refractivity contribution in [2.75, 3.05) is 13.7 Å². The number of hydrogen-bond donors (Lipinski definition) is 2. The van der Waals surface area contributed by atoms with Gasteiger partial charge in [0.1, 0.15) is 5.75 Å². The minimum absolute atomic E-state index is 0.235. The SMILES string of the molecule is COC(C)(C)CCOc1cncc(B(O)O)c1. The highest BCUT2D eigenvalue weighted by Crippen LogP contribution is 2.14. The molecule has 5 nitrogen and oxygen atoms in total. The smallest absolute Gasteiger partial charge is 0.490 e. The third kappa shape index (κ3) is 4.72. The molecule has 1 aromatic rings. The Morgan fingerprint density at radius 3 is 2.65 bits per heavy atom. The predicted molar refractivity (Wildman–Crippen MR) is 65.3 cm³/mol. The molecule has 1 heterocycles. The second-order valence-corrected chi connectivity index (χ2v) is 4.39. The molecule has 0 aliphatic rings. The van der Waals surface area contributed by atoms with Crippen LogP contribution in [0.2, 0.25) is 0 Å². The van der Waals surface area contributed by atoms with Gasteiger partial charge in [-0.3, -0.25) is 4.98 Å². The van der Waals surface area contributed by atoms with Crippen molar-refractivity contribution in [3.05, 3.63) is 18.5 Å². The van der Waals surface area contributed by atoms with E-state index in [4.69, 9.17) is 19.5 Å². The predicted octanol–water partition coefficient (Wildman–Crippen LogP) is -0.0447. The van der Waals surface area contributed by atoms with Crippen molar-refractivity contribution < 1.29 is 19.5 Å². The van der Waals surface area contributed by atoms with Gasteiger partial charge in [-0.05, 0) is 19.9 Å². The van der Waals surface area contributed by atoms with E-state index in [2.05, 4.69) is 4.98 Å². The first-order valence-electron chi connectivity index (χ1n) is 5.43. The standard InChI is InChI=1S/C11H18BNO4/c1-11(2,16-3)4-5-17-10-6-9(12(14)15)7-13-8-10/h6-8,14-15H,4-5H2,1-3H3. The number of methoxy groups -OCH3 is 1. The Bertz CT molecular complexity index is 357. The van der Waals surface area contributed by atoms with Gasteiger partial charge in [0, 0.05) is 25.2 Å². The lowest BCUT2D eigenvalue weighted by atomic mass is 9.82. The van der Waals surface area contributed by atoms with E-state index in [1.54, 1.807) is 13.2 Å². The van der Waals surface area contributed by atoms with Crippen LogP contribution in [0.3, 0.4) is 0 Å². The molecule has 0 saturated heterocycles. The van der Waals surface area contributed by atoms with Gasteiger partial charge < -0.3 is 19.5 Å². The number of rotatable bonds is 6. The summed E-state index contributed by atoms with van der Waals surface area (Å²) in [5, 5.41) is 18.0. The number of aromatic nitrogens is 1. The van der Waals surface area contributed by atoms with Gasteiger partial charge in [0.25, 0.3) is 0 Å². The molecule has 2 N–H and O–H groups in total. The fourth-order valence-corrected chi connectivity index (χ4v) is 1.17. The Hall–Kier alpha value is -1.11. The van der Waals surface area contributed by atoms with Gasteiger partial charge in [-0.2, -0.15) is 0 Å². The van der Waals surface area contributed by atoms with Gasteiger partial charge in [0.15, 0.2) is 0 Å². The topological polar surface area (TPSA) is 71.8 Å². The second-order valence-electron chi connectivity index (χ2n) is 4.39. The first kappa shape index (κ1) is 14.0. The van der Waals surface area contributed by atoms with E-state index in [1.807, 2.05) is 13.8 Å². The maximum absolute atomic E-state index is 8.98. The normalized spacial score (nSPS) is 11.4. The molecular formula is C11H18BNO4. The van der Waals surface area contributed by atoms with E-state index in [0.29, 0.717) is 17.8 Å². The number of ether oxygens (including phenoxy) is 2. The van der Waals surface area contributed by atoms with E-state index < -0.39 is 7.12 Å². The minimum atomic E-state index is -1.53. The Labute approximate surface area is 102 Å². The Kier molecular flexibility index (Phi) is 4.93. The molecule has 94 valence electrons. The van der Waals surface area contributed by atoms with Crippen molar-refractivity contribution in [2.24, 2.45) is 0 Å². The highest BCUT2D eigenvalue weighted by Gasteiger charge is 2.16. The zero-order valence-electron chi connectivity index (χ0n) is 10.4. The molecular weight excluding hydrogens is 221 g/mol. The highest BCUT2D eigenvalue weighted by atomic mass is 16.5. The molecule has 0 atom stereocenters. The van der Waals surface area contributed by atoms with Crippen LogP contribution in [-0.2, 0) is 4.74 Å². The monoisotopic (exact) mass is 239 g/mol. The molecule has 1 rings (SSSR count). The Morgan fingerprint density at radius 2 is 2.06 bits per heavy atom. The molecule has 0 radical (unpaired) electrons. The molecule has 17 heavy (non-hydrogen) atoms. The highest BCUT2D eigenvalue weighted by molar-refractivity contribution is 6.58. The van der Waals surface area contributed by atoms with Crippen LogP contribution in [0.25, 0.3) is 0 Å². The van der Waals surface area contributed by atoms with Gasteiger partial charge >= 0.3 is 7.12 Å². The molecule has 0 aliphatic heterocycles. The summed E-state index contributed by atoms with van der Waals surface area (Å²) in [5.74, 6) is 0.516. The van der Waals surface area contributed by atoms with Crippen LogP contribution in [-0.4, -0.2) is 41.5 Å². The van der Waals surface area contributed by atoms with E-state index in [-0.39, 0.29) is 5.60 Å². The zero-order chi connectivity index (χ0) is 12.9. The van der Waals surface area contributed by atoms with Crippen molar-refractivity contribution in [2.45, 2.75) is 25.9 Å². The van der Waals surface area contributed by atoms with Crippen LogP contribution in [0, 0.1) is 0 Å². The molecule has 0 aliphatic carbocycles. The molecule has 0 spiro atoms. The average Bonchev–Trinajstić information content (AvgIpc) is 2.29. The molecule has 0 aromatic carbocycles. The van der Waals surface area contributed by atoms with Crippen LogP contribution in [0.5, 0.6) is 5.75 Å². The number of nitrogens with zero attached hydrogens (tertiary/aromatic N) is 1. The maximum atomic E-state index is 8.98. The van der Waals surface area contributed by atoms with Crippen molar-refractivity contribution in [3.63, 3.8) is 0 Å². The van der Waals surface area contributed by atoms with Crippen molar-refractivity contribution in [3.8, 4) is 5.75 Å². The van der Waals surface area contributed by atoms with Gasteiger partial charge in [0.2, 0.25) is 0 Å². The lowest BCUT2D eigenvalue weighted by Gasteiger charge is -2.22. The van der Waals surface area contributed by atoms with Gasteiger partial charge in [-0.25, -0.2) is 0 Å². The van der Waals surface area contributed by atoms with Crippen LogP contribution in [0.1, 0.15) is 20.3 Å². The zero-order valence-corrected chi connectivity index (χ0v) is 10.4. The third-order valence-corrected chi connectivity index (χ3v) is 2.56. The summed E-state index contributed by atoms with van der Waals surface area (Å²) in [6.07, 6.45) is 3.65. The van der Waals surface area contributed by atoms with E-state index >= 15 is 0 Å². The van der Waals surface area contributed by atoms with E-state index in [0.717, 1.165) is 6.42 Å². The molecule has 0 unspecified atom stereocenters. The largest absolute Gasteiger partial charge is 0.492 e. The summed E-state index contributed by atoms with van der Waals surface area (Å²) < 4.78 is 10.7. The quantitative estimate of drug-likeness (QED) is 0.681. The molecule has 0 fully saturated rings. The summed E-state index contributed by atoms with van der Waals surface area (Å²) in [6.45, 7) is 4.43. The van der Waals surface area contributed by atoms with Crippen LogP contribution < -0.4 is 10.2 Å². The maximum Gasteiger partial charge on any atom is 0.490 e. The number of pyridine rings is 1. The van der Waals surface area contributed by atoms with Gasteiger partial charge in [-0.15, -0.1) is 0 Å². The summed E-state index contributed by atoms with van der Waals surface area (Å²) in [5.41, 5.74) is 0.0788. The summed E-state index contributed by atoms with van der Waals surface area (Å²) in [6, 6.07) is 1.55. The summed E-state index contributed by atoms with van der Waals surface area (Å²) in [4.78, 5) is 3.86. The van der Waals surface area contributed by atoms with Crippen molar-refractivity contribution >= 4 is 12.6 Å². The summed E-state index contributed by atoms with van der Waals surface area (Å²) in [7, 11) is 0.131. The van der Waals surface area contributed by atoms with E-state index in [9.17, 15) is 0 Å². The molecule has 0 bridgehead atoms. The average molecular weight is 239 g/mol. The van der Waals surface area contributed by atoms with Gasteiger partial charge in [0.05, 0.1) is 18.4 Å². The van der Waals surface area contributed by atoms with Crippen molar-refractivity contribution in [1.82, 2.24) is 4.98 Å². The molecule has 6 heteroatoms. The fourth-order valence-electron chi connectivity index (χ4n) is 1.17. The lowest BCUT2D eigenvalue weighted by molar-refractivity contribution is 0.00543. The minimum Gasteiger partial charge on any atom is -0.492 e. The van der Waals surface area contributed by atoms with Crippen molar-refractivity contribution in [1.29, 1.82) is 0 Å². The molecule has 0 amide bonds. The third-order valence-electron chi connectivity index (χ3n) is 2.56. The first-order valence-corrected chi connectivity index (χ1v) is 5.43. The first-order chi connectivity index (χ1) is 7.94. The lowest BCUT2D eigenvalue weighted by Crippen LogP contribution is -2.30. The second kappa shape index (κ2) is 6.00. The van der Waals surface area contributed by atoms with E-state index in [1.165, 1.54) is 12.4 Å². The Morgan fingerprint density at radius 1 is 1.35 bits per heavy atom. The van der Waals surface area contributed by atoms with Crippen LogP contribution >= 0.6 is 0 Å². The molecule has 1 aromatic heterocycles. The van der Waals surface area contributed by atoms with Crippen LogP contribution in [0.15, 0.2) is 18.5 Å². The fraction of sp³-hybridized carbons (Fsp3) is 0.545. The van der Waals surface area contributed by atoms with Crippen LogP contribution in [0.4, 0.5) is 0 Å². The molecule has 0 saturated carbocycles. The number of hydrogen-bond acceptors (Lipinski definition) is 5.